The van der Waals surface area contributed by atoms with Gasteiger partial charge >= 0.3 is 6.16 Å². The highest BCUT2D eigenvalue weighted by molar-refractivity contribution is 5.60. The molecule has 0 rings (SSSR count). The molecule has 0 spiro atoms. The smallest absolute Gasteiger partial charge is 0.434 e. The van der Waals surface area contributed by atoms with Gasteiger partial charge in [-0.25, -0.2) is 4.79 Å². The average Bonchev–Trinajstić information content (AvgIpc) is 1.81. The van der Waals surface area contributed by atoms with Gasteiger partial charge in [-0.15, -0.1) is 0 Å². The van der Waals surface area contributed by atoms with Crippen LogP contribution in [0.2, 0.25) is 0 Å². The van der Waals surface area contributed by atoms with Crippen LogP contribution in [0, 0.1) is 0 Å². The highest BCUT2D eigenvalue weighted by atomic mass is 16.7. The summed E-state index contributed by atoms with van der Waals surface area (Å²) in [6.07, 6.45) is -0.713. The molecule has 0 aliphatic carbocycles. The third kappa shape index (κ3) is 9.14. The molecule has 0 amide bonds. The lowest BCUT2D eigenvalue weighted by Crippen LogP contribution is -2.25. The van der Waals surface area contributed by atoms with Crippen LogP contribution >= 0.6 is 0 Å². The first kappa shape index (κ1) is 12.2. The Hall–Kier alpha value is -0.770. The molecule has 1 unspecified atom stereocenters. The number of carbonyl (C=O) groups excluding carboxylic acids is 1. The van der Waals surface area contributed by atoms with Crippen molar-refractivity contribution in [1.82, 2.24) is 0 Å². The zero-order valence-corrected chi connectivity index (χ0v) is 8.66. The van der Waals surface area contributed by atoms with Crippen molar-refractivity contribution in [2.45, 2.75) is 45.8 Å². The quantitative estimate of drug-likeness (QED) is 0.688. The molecule has 0 radical (unpaired) electrons. The fraction of sp³-hybridized carbons (Fsp3) is 0.889. The highest BCUT2D eigenvalue weighted by Crippen LogP contribution is 2.08. The molecule has 4 heteroatoms. The van der Waals surface area contributed by atoms with Gasteiger partial charge < -0.3 is 14.6 Å². The molecule has 0 aromatic heterocycles. The Bertz CT molecular complexity index is 157. The number of rotatable bonds is 3. The third-order valence-corrected chi connectivity index (χ3v) is 1.15. The van der Waals surface area contributed by atoms with Gasteiger partial charge in [0.05, 0.1) is 12.7 Å². The number of carbonyl (C=O) groups is 1. The zero-order chi connectivity index (χ0) is 10.5. The zero-order valence-electron chi connectivity index (χ0n) is 8.66. The van der Waals surface area contributed by atoms with Crippen LogP contribution < -0.4 is 0 Å². The summed E-state index contributed by atoms with van der Waals surface area (Å²) in [5.74, 6) is 0. The Morgan fingerprint density at radius 2 is 2.00 bits per heavy atom. The maximum atomic E-state index is 10.9. The second-order valence-electron chi connectivity index (χ2n) is 3.95. The van der Waals surface area contributed by atoms with E-state index in [1.165, 1.54) is 0 Å². The molecule has 0 heterocycles. The maximum absolute atomic E-state index is 10.9. The van der Waals surface area contributed by atoms with Gasteiger partial charge in [-0.05, 0) is 27.7 Å². The molecule has 0 saturated heterocycles. The van der Waals surface area contributed by atoms with Crippen molar-refractivity contribution in [1.29, 1.82) is 0 Å². The summed E-state index contributed by atoms with van der Waals surface area (Å²) in [6.45, 7) is 7.12. The predicted octanol–water partition coefficient (Wildman–Crippen LogP) is 1.71. The summed E-state index contributed by atoms with van der Waals surface area (Å²) in [7, 11) is 0. The molecule has 0 aromatic carbocycles. The summed E-state index contributed by atoms with van der Waals surface area (Å²) in [5.41, 5.74) is -0.526. The number of ether oxygens (including phenoxy) is 2. The van der Waals surface area contributed by atoms with Gasteiger partial charge in [0.1, 0.15) is 5.60 Å². The molecule has 1 N–H and O–H groups in total. The first-order valence-electron chi connectivity index (χ1n) is 4.35. The van der Waals surface area contributed by atoms with E-state index in [0.717, 1.165) is 0 Å². The van der Waals surface area contributed by atoms with E-state index in [0.29, 0.717) is 6.42 Å². The first-order valence-corrected chi connectivity index (χ1v) is 4.35. The lowest BCUT2D eigenvalue weighted by atomic mass is 10.2. The van der Waals surface area contributed by atoms with Crippen LogP contribution in [0.15, 0.2) is 0 Å². The molecule has 0 bridgehead atoms. The minimum absolute atomic E-state index is 0.187. The molecule has 0 aliphatic heterocycles. The Morgan fingerprint density at radius 3 is 2.38 bits per heavy atom. The molecule has 0 fully saturated rings. The molecule has 4 nitrogen and oxygen atoms in total. The summed E-state index contributed by atoms with van der Waals surface area (Å²) in [6, 6.07) is 0. The lowest BCUT2D eigenvalue weighted by molar-refractivity contribution is -0.0111. The average molecular weight is 190 g/mol. The molecule has 0 aliphatic rings. The molecular formula is C9H18O4. The SMILES string of the molecule is CC(O)CCOC(=O)OC(C)(C)C. The molecule has 0 aromatic rings. The normalized spacial score (nSPS) is 13.6. The van der Waals surface area contributed by atoms with E-state index in [1.54, 1.807) is 27.7 Å². The minimum Gasteiger partial charge on any atom is -0.434 e. The standard InChI is InChI=1S/C9H18O4/c1-7(10)5-6-12-8(11)13-9(2,3)4/h7,10H,5-6H2,1-4H3. The fourth-order valence-electron chi connectivity index (χ4n) is 0.592. The van der Waals surface area contributed by atoms with E-state index in [4.69, 9.17) is 14.6 Å². The van der Waals surface area contributed by atoms with Gasteiger partial charge in [0, 0.05) is 6.42 Å². The van der Waals surface area contributed by atoms with Crippen molar-refractivity contribution in [2.24, 2.45) is 0 Å². The molecule has 78 valence electrons. The van der Waals surface area contributed by atoms with E-state index in [9.17, 15) is 4.79 Å². The van der Waals surface area contributed by atoms with Gasteiger partial charge in [-0.1, -0.05) is 0 Å². The number of aliphatic hydroxyl groups is 1. The lowest BCUT2D eigenvalue weighted by Gasteiger charge is -2.18. The van der Waals surface area contributed by atoms with E-state index in [2.05, 4.69) is 0 Å². The minimum atomic E-state index is -0.687. The van der Waals surface area contributed by atoms with Gasteiger partial charge in [0.25, 0.3) is 0 Å². The van der Waals surface area contributed by atoms with Crippen LogP contribution in [-0.2, 0) is 9.47 Å². The van der Waals surface area contributed by atoms with Gasteiger partial charge in [0.2, 0.25) is 0 Å². The van der Waals surface area contributed by atoms with Crippen LogP contribution in [0.5, 0.6) is 0 Å². The van der Waals surface area contributed by atoms with Crippen LogP contribution in [0.4, 0.5) is 4.79 Å². The Labute approximate surface area is 78.8 Å². The van der Waals surface area contributed by atoms with Crippen LogP contribution in [-0.4, -0.2) is 29.6 Å². The van der Waals surface area contributed by atoms with E-state index in [1.807, 2.05) is 0 Å². The van der Waals surface area contributed by atoms with E-state index in [-0.39, 0.29) is 6.61 Å². The van der Waals surface area contributed by atoms with Crippen molar-refractivity contribution < 1.29 is 19.4 Å². The summed E-state index contributed by atoms with van der Waals surface area (Å²) in [5, 5.41) is 8.87. The van der Waals surface area contributed by atoms with Gasteiger partial charge in [-0.2, -0.15) is 0 Å². The fourth-order valence-corrected chi connectivity index (χ4v) is 0.592. The van der Waals surface area contributed by atoms with E-state index >= 15 is 0 Å². The summed E-state index contributed by atoms with van der Waals surface area (Å²) < 4.78 is 9.58. The van der Waals surface area contributed by atoms with Crippen LogP contribution in [0.3, 0.4) is 0 Å². The van der Waals surface area contributed by atoms with Gasteiger partial charge in [-0.3, -0.25) is 0 Å². The summed E-state index contributed by atoms with van der Waals surface area (Å²) in [4.78, 5) is 10.9. The first-order chi connectivity index (χ1) is 5.81. The van der Waals surface area contributed by atoms with Crippen molar-refractivity contribution >= 4 is 6.16 Å². The second-order valence-corrected chi connectivity index (χ2v) is 3.95. The maximum Gasteiger partial charge on any atom is 0.508 e. The Morgan fingerprint density at radius 1 is 1.46 bits per heavy atom. The summed E-state index contributed by atoms with van der Waals surface area (Å²) >= 11 is 0. The monoisotopic (exact) mass is 190 g/mol. The topological polar surface area (TPSA) is 55.8 Å². The molecule has 13 heavy (non-hydrogen) atoms. The Balaban J connectivity index is 3.53. The van der Waals surface area contributed by atoms with Crippen molar-refractivity contribution in [3.8, 4) is 0 Å². The second kappa shape index (κ2) is 5.07. The predicted molar refractivity (Wildman–Crippen MR) is 48.5 cm³/mol. The van der Waals surface area contributed by atoms with Crippen molar-refractivity contribution in [3.05, 3.63) is 0 Å². The number of hydrogen-bond donors (Lipinski definition) is 1. The van der Waals surface area contributed by atoms with Crippen LogP contribution in [0.25, 0.3) is 0 Å². The Kier molecular flexibility index (Phi) is 4.77. The highest BCUT2D eigenvalue weighted by Gasteiger charge is 2.17. The van der Waals surface area contributed by atoms with Crippen molar-refractivity contribution in [3.63, 3.8) is 0 Å². The van der Waals surface area contributed by atoms with Gasteiger partial charge in [0.15, 0.2) is 0 Å². The molecule has 1 atom stereocenters. The van der Waals surface area contributed by atoms with Crippen molar-refractivity contribution in [2.75, 3.05) is 6.61 Å². The third-order valence-electron chi connectivity index (χ3n) is 1.15. The van der Waals surface area contributed by atoms with E-state index < -0.39 is 17.9 Å². The molecular weight excluding hydrogens is 172 g/mol. The van der Waals surface area contributed by atoms with Crippen LogP contribution in [0.1, 0.15) is 34.1 Å². The molecule has 0 saturated carbocycles. The largest absolute Gasteiger partial charge is 0.508 e. The number of aliphatic hydroxyl groups excluding tert-OH is 1. The number of hydrogen-bond acceptors (Lipinski definition) is 4.